The van der Waals surface area contributed by atoms with Crippen LogP contribution in [-0.4, -0.2) is 30.9 Å². The minimum absolute atomic E-state index is 0.155. The van der Waals surface area contributed by atoms with E-state index in [-0.39, 0.29) is 52.5 Å². The van der Waals surface area contributed by atoms with Crippen LogP contribution in [0.25, 0.3) is 0 Å². The number of alkyl halides is 4. The molecule has 0 heterocycles. The molecule has 0 aromatic carbocycles. The van der Waals surface area contributed by atoms with Gasteiger partial charge in [0.25, 0.3) is 0 Å². The third-order valence-electron chi connectivity index (χ3n) is 7.03. The summed E-state index contributed by atoms with van der Waals surface area (Å²) < 4.78 is 0. The van der Waals surface area contributed by atoms with Gasteiger partial charge in [-0.2, -0.15) is 0 Å². The van der Waals surface area contributed by atoms with Crippen molar-refractivity contribution in [2.45, 2.75) is 113 Å². The first-order valence-electron chi connectivity index (χ1n) is 11.0. The minimum atomic E-state index is -0.200. The Kier molecular flexibility index (Phi) is 10.4. The number of carbonyl (C=O) groups is 2. The standard InChI is InChI=1S/C24H40Br4O2/c1-21(2)11-9-12-22(3,4)19(27)16(30)20(28)24(7,8)14-10-13-23(5,6)18(26)15(29)17(21)25/h17-20H,9-14H2,1-8H3. The molecule has 6 heteroatoms. The van der Waals surface area contributed by atoms with Gasteiger partial charge in [-0.25, -0.2) is 0 Å². The summed E-state index contributed by atoms with van der Waals surface area (Å²) in [5, 5.41) is 0. The molecular formula is C24H40Br4O2. The minimum Gasteiger partial charge on any atom is -0.297 e. The van der Waals surface area contributed by atoms with Crippen LogP contribution >= 0.6 is 63.7 Å². The molecule has 0 amide bonds. The van der Waals surface area contributed by atoms with Crippen LogP contribution in [0.15, 0.2) is 0 Å². The highest BCUT2D eigenvalue weighted by Gasteiger charge is 2.44. The van der Waals surface area contributed by atoms with Crippen molar-refractivity contribution in [3.8, 4) is 0 Å². The van der Waals surface area contributed by atoms with Crippen molar-refractivity contribution < 1.29 is 9.59 Å². The summed E-state index contributed by atoms with van der Waals surface area (Å²) >= 11 is 15.0. The van der Waals surface area contributed by atoms with Gasteiger partial charge in [0, 0.05) is 0 Å². The van der Waals surface area contributed by atoms with E-state index in [1.165, 1.54) is 0 Å². The van der Waals surface area contributed by atoms with Gasteiger partial charge in [-0.15, -0.1) is 0 Å². The second-order valence-electron chi connectivity index (χ2n) is 11.9. The normalized spacial score (nSPS) is 35.7. The largest absolute Gasteiger partial charge is 0.297 e. The molecule has 1 aliphatic carbocycles. The first kappa shape index (κ1) is 29.3. The van der Waals surface area contributed by atoms with E-state index in [1.807, 2.05) is 0 Å². The molecular weight excluding hydrogens is 640 g/mol. The SMILES string of the molecule is CC1(C)CCCC(C)(C)C(Br)C(=O)C(Br)C(C)(C)CCCC(C)(C)C(Br)C(=O)C1Br. The van der Waals surface area contributed by atoms with E-state index < -0.39 is 0 Å². The third-order valence-corrected chi connectivity index (χ3v) is 13.8. The fourth-order valence-electron chi connectivity index (χ4n) is 4.30. The molecule has 1 saturated carbocycles. The Balaban J connectivity index is 3.25. The lowest BCUT2D eigenvalue weighted by Crippen LogP contribution is -2.44. The molecule has 0 radical (unpaired) electrons. The van der Waals surface area contributed by atoms with Crippen molar-refractivity contribution in [1.82, 2.24) is 0 Å². The predicted octanol–water partition coefficient (Wildman–Crippen LogP) is 8.64. The lowest BCUT2D eigenvalue weighted by Gasteiger charge is -2.39. The summed E-state index contributed by atoms with van der Waals surface area (Å²) in [5.74, 6) is 0.477. The van der Waals surface area contributed by atoms with Gasteiger partial charge in [-0.05, 0) is 47.3 Å². The molecule has 0 saturated heterocycles. The van der Waals surface area contributed by atoms with Crippen LogP contribution in [0, 0.1) is 21.7 Å². The summed E-state index contributed by atoms with van der Waals surface area (Å²) in [6.45, 7) is 17.3. The van der Waals surface area contributed by atoms with E-state index in [9.17, 15) is 9.59 Å². The highest BCUT2D eigenvalue weighted by atomic mass is 79.9. The molecule has 2 nitrogen and oxygen atoms in total. The smallest absolute Gasteiger partial charge is 0.161 e. The van der Waals surface area contributed by atoms with E-state index >= 15 is 0 Å². The summed E-state index contributed by atoms with van der Waals surface area (Å²) in [7, 11) is 0. The van der Waals surface area contributed by atoms with Crippen LogP contribution in [-0.2, 0) is 9.59 Å². The zero-order valence-electron chi connectivity index (χ0n) is 19.9. The number of rotatable bonds is 0. The topological polar surface area (TPSA) is 34.1 Å². The number of hydrogen-bond acceptors (Lipinski definition) is 2. The Morgan fingerprint density at radius 2 is 0.667 bits per heavy atom. The van der Waals surface area contributed by atoms with E-state index in [4.69, 9.17) is 0 Å². The number of halogens is 4. The Labute approximate surface area is 218 Å². The van der Waals surface area contributed by atoms with Gasteiger partial charge in [0.15, 0.2) is 11.6 Å². The molecule has 0 aromatic rings. The van der Waals surface area contributed by atoms with Crippen molar-refractivity contribution in [2.75, 3.05) is 0 Å². The van der Waals surface area contributed by atoms with Gasteiger partial charge in [0.1, 0.15) is 0 Å². The second-order valence-corrected chi connectivity index (χ2v) is 15.6. The van der Waals surface area contributed by atoms with E-state index in [2.05, 4.69) is 119 Å². The first-order chi connectivity index (χ1) is 13.4. The van der Waals surface area contributed by atoms with Crippen LogP contribution in [0.1, 0.15) is 93.9 Å². The molecule has 0 N–H and O–H groups in total. The van der Waals surface area contributed by atoms with Crippen molar-refractivity contribution in [3.63, 3.8) is 0 Å². The summed E-state index contributed by atoms with van der Waals surface area (Å²) in [5.41, 5.74) is -0.619. The molecule has 1 aliphatic rings. The first-order valence-corrected chi connectivity index (χ1v) is 14.7. The molecule has 0 spiro atoms. The molecule has 4 unspecified atom stereocenters. The number of hydrogen-bond donors (Lipinski definition) is 0. The molecule has 1 rings (SSSR count). The van der Waals surface area contributed by atoms with Crippen molar-refractivity contribution in [1.29, 1.82) is 0 Å². The second kappa shape index (κ2) is 10.7. The zero-order valence-corrected chi connectivity index (χ0v) is 26.2. The lowest BCUT2D eigenvalue weighted by atomic mass is 9.72. The van der Waals surface area contributed by atoms with Crippen LogP contribution in [0.3, 0.4) is 0 Å². The van der Waals surface area contributed by atoms with E-state index in [0.29, 0.717) is 0 Å². The van der Waals surface area contributed by atoms with E-state index in [0.717, 1.165) is 38.5 Å². The molecule has 0 aromatic heterocycles. The quantitative estimate of drug-likeness (QED) is 0.240. The van der Waals surface area contributed by atoms with Gasteiger partial charge >= 0.3 is 0 Å². The predicted molar refractivity (Wildman–Crippen MR) is 144 cm³/mol. The molecule has 0 bridgehead atoms. The summed E-state index contributed by atoms with van der Waals surface area (Å²) in [6.07, 6.45) is 5.64. The lowest BCUT2D eigenvalue weighted by molar-refractivity contribution is -0.121. The van der Waals surface area contributed by atoms with Gasteiger partial charge < -0.3 is 0 Å². The fourth-order valence-corrected chi connectivity index (χ4v) is 6.99. The molecule has 1 fully saturated rings. The summed E-state index contributed by atoms with van der Waals surface area (Å²) in [6, 6.07) is 0. The fraction of sp³-hybridized carbons (Fsp3) is 0.917. The Morgan fingerprint density at radius 3 is 0.833 bits per heavy atom. The van der Waals surface area contributed by atoms with Crippen LogP contribution in [0.4, 0.5) is 0 Å². The number of Topliss-reactive ketones (excluding diaryl/α,β-unsaturated/α-hetero) is 2. The van der Waals surface area contributed by atoms with Crippen LogP contribution in [0.5, 0.6) is 0 Å². The molecule has 30 heavy (non-hydrogen) atoms. The highest BCUT2D eigenvalue weighted by molar-refractivity contribution is 9.11. The average Bonchev–Trinajstić information content (AvgIpc) is 2.62. The number of carbonyl (C=O) groups excluding carboxylic acids is 2. The Hall–Kier alpha value is 1.26. The maximum absolute atomic E-state index is 13.3. The summed E-state index contributed by atoms with van der Waals surface area (Å²) in [4.78, 5) is 25.8. The van der Waals surface area contributed by atoms with Gasteiger partial charge in [0.05, 0.1) is 19.3 Å². The molecule has 176 valence electrons. The van der Waals surface area contributed by atoms with E-state index in [1.54, 1.807) is 0 Å². The monoisotopic (exact) mass is 676 g/mol. The molecule has 0 aliphatic heterocycles. The average molecular weight is 680 g/mol. The van der Waals surface area contributed by atoms with Gasteiger partial charge in [0.2, 0.25) is 0 Å². The highest BCUT2D eigenvalue weighted by Crippen LogP contribution is 2.45. The van der Waals surface area contributed by atoms with Gasteiger partial charge in [-0.1, -0.05) is 132 Å². The van der Waals surface area contributed by atoms with Gasteiger partial charge in [-0.3, -0.25) is 9.59 Å². The van der Waals surface area contributed by atoms with Crippen LogP contribution in [0.2, 0.25) is 0 Å². The maximum Gasteiger partial charge on any atom is 0.161 e. The zero-order chi connectivity index (χ0) is 23.7. The van der Waals surface area contributed by atoms with Crippen molar-refractivity contribution in [2.24, 2.45) is 21.7 Å². The van der Waals surface area contributed by atoms with Crippen LogP contribution < -0.4 is 0 Å². The molecule has 4 atom stereocenters. The van der Waals surface area contributed by atoms with Crippen molar-refractivity contribution >= 4 is 75.3 Å². The Morgan fingerprint density at radius 1 is 0.500 bits per heavy atom. The third kappa shape index (κ3) is 7.13. The Bertz CT molecular complexity index is 523. The van der Waals surface area contributed by atoms with Crippen molar-refractivity contribution in [3.05, 3.63) is 0 Å². The maximum atomic E-state index is 13.3. The number of ketones is 2.